The summed E-state index contributed by atoms with van der Waals surface area (Å²) in [5.41, 5.74) is 0.0437. The van der Waals surface area contributed by atoms with Crippen molar-refractivity contribution in [1.82, 2.24) is 14.2 Å². The number of amides is 1. The van der Waals surface area contributed by atoms with Gasteiger partial charge < -0.3 is 18.9 Å². The highest BCUT2D eigenvalue weighted by molar-refractivity contribution is 7.89. The average molecular weight is 387 g/mol. The summed E-state index contributed by atoms with van der Waals surface area (Å²) in [5, 5.41) is 0. The smallest absolute Gasteiger partial charge is 0.355 e. The first-order valence-electron chi connectivity index (χ1n) is 8.30. The molecule has 0 spiro atoms. The van der Waals surface area contributed by atoms with Crippen LogP contribution in [0.1, 0.15) is 31.3 Å². The van der Waals surface area contributed by atoms with Crippen molar-refractivity contribution in [3.8, 4) is 0 Å². The van der Waals surface area contributed by atoms with Gasteiger partial charge in [-0.3, -0.25) is 4.79 Å². The maximum Gasteiger partial charge on any atom is 0.355 e. The molecule has 9 nitrogen and oxygen atoms in total. The van der Waals surface area contributed by atoms with Gasteiger partial charge in [0.05, 0.1) is 12.2 Å². The Morgan fingerprint density at radius 1 is 1.31 bits per heavy atom. The van der Waals surface area contributed by atoms with Crippen LogP contribution in [-0.2, 0) is 31.3 Å². The third-order valence-electron chi connectivity index (χ3n) is 4.13. The normalized spacial score (nSPS) is 22.1. The number of hydrogen-bond donors (Lipinski definition) is 1. The molecule has 1 saturated heterocycles. The van der Waals surface area contributed by atoms with E-state index in [0.717, 1.165) is 0 Å². The van der Waals surface area contributed by atoms with E-state index in [4.69, 9.17) is 9.47 Å². The number of aromatic nitrogens is 1. The Morgan fingerprint density at radius 2 is 1.88 bits per heavy atom. The van der Waals surface area contributed by atoms with Crippen molar-refractivity contribution in [2.75, 3.05) is 20.1 Å². The van der Waals surface area contributed by atoms with Crippen molar-refractivity contribution < 1.29 is 27.5 Å². The number of nitrogens with zero attached hydrogens (tertiary/aromatic N) is 2. The lowest BCUT2D eigenvalue weighted by Crippen LogP contribution is -2.51. The zero-order valence-electron chi connectivity index (χ0n) is 15.6. The minimum Gasteiger partial charge on any atom is -0.448 e. The lowest BCUT2D eigenvalue weighted by molar-refractivity contribution is -0.151. The number of esters is 1. The van der Waals surface area contributed by atoms with E-state index in [0.29, 0.717) is 13.1 Å². The molecule has 10 heteroatoms. The van der Waals surface area contributed by atoms with Gasteiger partial charge in [-0.1, -0.05) is 0 Å². The lowest BCUT2D eigenvalue weighted by atomic mass is 10.2. The molecule has 0 radical (unpaired) electrons. The molecule has 0 bridgehead atoms. The lowest BCUT2D eigenvalue weighted by Gasteiger charge is -2.36. The zero-order valence-corrected chi connectivity index (χ0v) is 16.4. The predicted molar refractivity (Wildman–Crippen MR) is 93.1 cm³/mol. The molecule has 3 unspecified atom stereocenters. The monoisotopic (exact) mass is 387 g/mol. The second-order valence-electron chi connectivity index (χ2n) is 6.43. The second-order valence-corrected chi connectivity index (χ2v) is 8.31. The van der Waals surface area contributed by atoms with Gasteiger partial charge in [0.2, 0.25) is 10.0 Å². The predicted octanol–water partition coefficient (Wildman–Crippen LogP) is 0.114. The molecule has 1 aliphatic heterocycles. The van der Waals surface area contributed by atoms with Crippen LogP contribution in [0, 0.1) is 0 Å². The first-order valence-corrected chi connectivity index (χ1v) is 9.78. The third kappa shape index (κ3) is 4.43. The maximum absolute atomic E-state index is 12.5. The minimum atomic E-state index is -3.68. The van der Waals surface area contributed by atoms with Crippen LogP contribution < -0.4 is 4.72 Å². The molecule has 2 rings (SSSR count). The van der Waals surface area contributed by atoms with Crippen LogP contribution in [0.3, 0.4) is 0 Å². The number of morpholine rings is 1. The summed E-state index contributed by atoms with van der Waals surface area (Å²) in [5.74, 6) is -1.07. The van der Waals surface area contributed by atoms with Crippen LogP contribution in [0.25, 0.3) is 0 Å². The number of rotatable bonds is 5. The van der Waals surface area contributed by atoms with E-state index in [1.165, 1.54) is 37.8 Å². The van der Waals surface area contributed by atoms with Crippen LogP contribution >= 0.6 is 0 Å². The fraction of sp³-hybridized carbons (Fsp3) is 0.625. The summed E-state index contributed by atoms with van der Waals surface area (Å²) >= 11 is 0. The van der Waals surface area contributed by atoms with Gasteiger partial charge in [-0.2, -0.15) is 0 Å². The van der Waals surface area contributed by atoms with Gasteiger partial charge in [0.1, 0.15) is 10.6 Å². The SMILES string of the molecule is CNS(=O)(=O)c1cc(C(=O)OC(C)C(=O)N2CC(C)OC(C)C2)n(C)c1. The van der Waals surface area contributed by atoms with E-state index < -0.39 is 22.1 Å². The maximum atomic E-state index is 12.5. The summed E-state index contributed by atoms with van der Waals surface area (Å²) in [6.07, 6.45) is 0.139. The van der Waals surface area contributed by atoms with Crippen LogP contribution in [0.4, 0.5) is 0 Å². The van der Waals surface area contributed by atoms with Crippen LogP contribution in [0.2, 0.25) is 0 Å². The number of sulfonamides is 1. The highest BCUT2D eigenvalue weighted by Crippen LogP contribution is 2.16. The van der Waals surface area contributed by atoms with E-state index in [-0.39, 0.29) is 28.7 Å². The number of aryl methyl sites for hydroxylation is 1. The molecule has 1 fully saturated rings. The number of nitrogens with one attached hydrogen (secondary N) is 1. The van der Waals surface area contributed by atoms with E-state index in [1.54, 1.807) is 4.90 Å². The van der Waals surface area contributed by atoms with Crippen molar-refractivity contribution in [1.29, 1.82) is 0 Å². The molecule has 26 heavy (non-hydrogen) atoms. The van der Waals surface area contributed by atoms with E-state index in [9.17, 15) is 18.0 Å². The molecule has 1 aromatic rings. The van der Waals surface area contributed by atoms with Crippen molar-refractivity contribution in [3.63, 3.8) is 0 Å². The highest BCUT2D eigenvalue weighted by Gasteiger charge is 2.31. The van der Waals surface area contributed by atoms with Gasteiger partial charge in [-0.15, -0.1) is 0 Å². The van der Waals surface area contributed by atoms with Gasteiger partial charge in [0, 0.05) is 26.3 Å². The van der Waals surface area contributed by atoms with Crippen molar-refractivity contribution in [2.24, 2.45) is 7.05 Å². The number of carbonyl (C=O) groups is 2. The molecule has 0 saturated carbocycles. The molecular weight excluding hydrogens is 362 g/mol. The molecule has 3 atom stereocenters. The Kier molecular flexibility index (Phi) is 6.09. The fourth-order valence-corrected chi connectivity index (χ4v) is 3.69. The number of ether oxygens (including phenoxy) is 2. The van der Waals surface area contributed by atoms with Crippen LogP contribution in [-0.4, -0.2) is 68.2 Å². The minimum absolute atomic E-state index is 0.0437. The van der Waals surface area contributed by atoms with Gasteiger partial charge in [-0.25, -0.2) is 17.9 Å². The quantitative estimate of drug-likeness (QED) is 0.719. The topological polar surface area (TPSA) is 107 Å². The van der Waals surface area contributed by atoms with Crippen molar-refractivity contribution in [3.05, 3.63) is 18.0 Å². The van der Waals surface area contributed by atoms with Crippen molar-refractivity contribution >= 4 is 21.9 Å². The number of carbonyl (C=O) groups excluding carboxylic acids is 2. The summed E-state index contributed by atoms with van der Waals surface area (Å²) < 4.78 is 38.1. The molecule has 0 aromatic carbocycles. The van der Waals surface area contributed by atoms with Gasteiger partial charge >= 0.3 is 5.97 Å². The summed E-state index contributed by atoms with van der Waals surface area (Å²) in [4.78, 5) is 26.5. The zero-order chi connectivity index (χ0) is 19.6. The molecule has 0 aliphatic carbocycles. The van der Waals surface area contributed by atoms with Gasteiger partial charge in [0.25, 0.3) is 5.91 Å². The highest BCUT2D eigenvalue weighted by atomic mass is 32.2. The Balaban J connectivity index is 2.08. The van der Waals surface area contributed by atoms with Gasteiger partial charge in [-0.05, 0) is 33.9 Å². The number of hydrogen-bond acceptors (Lipinski definition) is 6. The Morgan fingerprint density at radius 3 is 2.42 bits per heavy atom. The van der Waals surface area contributed by atoms with Crippen LogP contribution in [0.5, 0.6) is 0 Å². The summed E-state index contributed by atoms with van der Waals surface area (Å²) in [6, 6.07) is 1.21. The second kappa shape index (κ2) is 7.77. The summed E-state index contributed by atoms with van der Waals surface area (Å²) in [6.45, 7) is 6.11. The van der Waals surface area contributed by atoms with Crippen molar-refractivity contribution in [2.45, 2.75) is 44.0 Å². The first kappa shape index (κ1) is 20.4. The average Bonchev–Trinajstić information content (AvgIpc) is 2.95. The molecule has 1 aromatic heterocycles. The van der Waals surface area contributed by atoms with E-state index in [1.807, 2.05) is 13.8 Å². The molecule has 1 N–H and O–H groups in total. The van der Waals surface area contributed by atoms with E-state index >= 15 is 0 Å². The van der Waals surface area contributed by atoms with E-state index in [2.05, 4.69) is 4.72 Å². The molecule has 2 heterocycles. The van der Waals surface area contributed by atoms with Gasteiger partial charge in [0.15, 0.2) is 6.10 Å². The summed E-state index contributed by atoms with van der Waals surface area (Å²) in [7, 11) is -0.861. The molecular formula is C16H25N3O6S. The Bertz CT molecular complexity index is 778. The largest absolute Gasteiger partial charge is 0.448 e. The molecule has 1 aliphatic rings. The third-order valence-corrected chi connectivity index (χ3v) is 5.51. The molecule has 146 valence electrons. The van der Waals surface area contributed by atoms with Crippen LogP contribution in [0.15, 0.2) is 17.2 Å². The molecule has 1 amide bonds. The standard InChI is InChI=1S/C16H25N3O6S/c1-10-7-19(8-11(2)24-10)15(20)12(3)25-16(21)14-6-13(9-18(14)5)26(22,23)17-4/h6,9-12,17H,7-8H2,1-5H3. The first-order chi connectivity index (χ1) is 12.0. The Labute approximate surface area is 153 Å². The fourth-order valence-electron chi connectivity index (χ4n) is 2.89. The Hall–Kier alpha value is -1.91.